The molecular weight excluding hydrogens is 186 g/mol. The Bertz CT molecular complexity index is 185. The Kier molecular flexibility index (Phi) is 5.87. The van der Waals surface area contributed by atoms with Crippen LogP contribution in [0.1, 0.15) is 32.6 Å². The first-order chi connectivity index (χ1) is 6.43. The van der Waals surface area contributed by atoms with Gasteiger partial charge in [-0.3, -0.25) is 9.59 Å². The molecule has 1 atom stereocenters. The minimum Gasteiger partial charge on any atom is -0.481 e. The molecule has 0 aliphatic rings. The maximum Gasteiger partial charge on any atom is 0.303 e. The Morgan fingerprint density at radius 1 is 1.14 bits per heavy atom. The zero-order valence-electron chi connectivity index (χ0n) is 8.27. The minimum atomic E-state index is -0.869. The van der Waals surface area contributed by atoms with Crippen LogP contribution in [0.2, 0.25) is 0 Å². The van der Waals surface area contributed by atoms with E-state index in [2.05, 4.69) is 0 Å². The van der Waals surface area contributed by atoms with Gasteiger partial charge < -0.3 is 15.9 Å². The second kappa shape index (κ2) is 6.37. The second-order valence-corrected chi connectivity index (χ2v) is 3.48. The van der Waals surface area contributed by atoms with E-state index in [-0.39, 0.29) is 24.8 Å². The molecule has 4 N–H and O–H groups in total. The summed E-state index contributed by atoms with van der Waals surface area (Å²) >= 11 is 0. The molecule has 0 aromatic carbocycles. The first-order valence-corrected chi connectivity index (χ1v) is 4.62. The number of rotatable bonds is 7. The first kappa shape index (κ1) is 12.9. The topological polar surface area (TPSA) is 101 Å². The zero-order valence-corrected chi connectivity index (χ0v) is 8.27. The number of carboxylic acids is 2. The summed E-state index contributed by atoms with van der Waals surface area (Å²) in [6.45, 7) is 1.77. The van der Waals surface area contributed by atoms with Gasteiger partial charge in [-0.15, -0.1) is 0 Å². The molecule has 0 spiro atoms. The van der Waals surface area contributed by atoms with Gasteiger partial charge in [-0.2, -0.15) is 0 Å². The fourth-order valence-corrected chi connectivity index (χ4v) is 1.29. The van der Waals surface area contributed by atoms with E-state index in [0.717, 1.165) is 0 Å². The van der Waals surface area contributed by atoms with E-state index >= 15 is 0 Å². The highest BCUT2D eigenvalue weighted by Crippen LogP contribution is 2.16. The number of hydrogen-bond donors (Lipinski definition) is 3. The third kappa shape index (κ3) is 6.42. The van der Waals surface area contributed by atoms with Crippen LogP contribution in [0.25, 0.3) is 0 Å². The van der Waals surface area contributed by atoms with Gasteiger partial charge in [0.25, 0.3) is 0 Å². The fourth-order valence-electron chi connectivity index (χ4n) is 1.29. The Balaban J connectivity index is 3.89. The van der Waals surface area contributed by atoms with Crippen LogP contribution in [-0.4, -0.2) is 28.2 Å². The quantitative estimate of drug-likeness (QED) is 0.564. The van der Waals surface area contributed by atoms with Gasteiger partial charge in [-0.1, -0.05) is 0 Å². The van der Waals surface area contributed by atoms with Crippen LogP contribution < -0.4 is 5.73 Å². The molecule has 0 aliphatic heterocycles. The highest BCUT2D eigenvalue weighted by Gasteiger charge is 2.16. The van der Waals surface area contributed by atoms with Crippen molar-refractivity contribution in [1.82, 2.24) is 0 Å². The molecule has 0 aromatic rings. The third-order valence-electron chi connectivity index (χ3n) is 2.20. The van der Waals surface area contributed by atoms with Crippen molar-refractivity contribution in [2.75, 3.05) is 0 Å². The first-order valence-electron chi connectivity index (χ1n) is 4.62. The molecule has 14 heavy (non-hydrogen) atoms. The predicted molar refractivity (Wildman–Crippen MR) is 50.9 cm³/mol. The molecule has 0 heterocycles. The Morgan fingerprint density at radius 2 is 1.50 bits per heavy atom. The summed E-state index contributed by atoms with van der Waals surface area (Å²) in [6, 6.07) is -0.159. The molecule has 5 heteroatoms. The summed E-state index contributed by atoms with van der Waals surface area (Å²) in [5.74, 6) is -1.76. The maximum absolute atomic E-state index is 10.3. The van der Waals surface area contributed by atoms with Crippen molar-refractivity contribution >= 4 is 11.9 Å². The van der Waals surface area contributed by atoms with Crippen molar-refractivity contribution in [3.8, 4) is 0 Å². The molecule has 0 amide bonds. The standard InChI is InChI=1S/C9H17NO4/c1-6(10)7(2-4-8(11)12)3-5-9(13)14/h6-7H,2-5,10H2,1H3,(H,11,12)(H,13,14). The number of aliphatic carboxylic acids is 2. The lowest BCUT2D eigenvalue weighted by atomic mass is 9.91. The summed E-state index contributed by atoms with van der Waals surface area (Å²) in [7, 11) is 0. The van der Waals surface area contributed by atoms with Crippen LogP contribution in [0.4, 0.5) is 0 Å². The van der Waals surface area contributed by atoms with Crippen LogP contribution in [0, 0.1) is 5.92 Å². The number of carboxylic acid groups (broad SMARTS) is 2. The lowest BCUT2D eigenvalue weighted by Crippen LogP contribution is -2.27. The molecule has 0 saturated carbocycles. The van der Waals surface area contributed by atoms with Crippen molar-refractivity contribution in [1.29, 1.82) is 0 Å². The summed E-state index contributed by atoms with van der Waals surface area (Å²) in [5.41, 5.74) is 5.62. The van der Waals surface area contributed by atoms with Crippen molar-refractivity contribution in [2.45, 2.75) is 38.6 Å². The van der Waals surface area contributed by atoms with Crippen molar-refractivity contribution < 1.29 is 19.8 Å². The van der Waals surface area contributed by atoms with Gasteiger partial charge in [0.1, 0.15) is 0 Å². The minimum absolute atomic E-state index is 0.0257. The van der Waals surface area contributed by atoms with Gasteiger partial charge in [0, 0.05) is 18.9 Å². The van der Waals surface area contributed by atoms with E-state index in [9.17, 15) is 9.59 Å². The molecule has 0 fully saturated rings. The van der Waals surface area contributed by atoms with Gasteiger partial charge in [0.15, 0.2) is 0 Å². The molecule has 82 valence electrons. The molecule has 5 nitrogen and oxygen atoms in total. The number of nitrogens with two attached hydrogens (primary N) is 1. The summed E-state index contributed by atoms with van der Waals surface area (Å²) < 4.78 is 0. The van der Waals surface area contributed by atoms with Crippen molar-refractivity contribution in [3.63, 3.8) is 0 Å². The van der Waals surface area contributed by atoms with E-state index in [1.165, 1.54) is 0 Å². The fraction of sp³-hybridized carbons (Fsp3) is 0.778. The average molecular weight is 203 g/mol. The molecule has 0 saturated heterocycles. The Morgan fingerprint density at radius 3 is 1.71 bits per heavy atom. The SMILES string of the molecule is CC(N)C(CCC(=O)O)CCC(=O)O. The van der Waals surface area contributed by atoms with Gasteiger partial charge in [0.05, 0.1) is 0 Å². The number of hydrogen-bond acceptors (Lipinski definition) is 3. The van der Waals surface area contributed by atoms with E-state index < -0.39 is 11.9 Å². The molecular formula is C9H17NO4. The largest absolute Gasteiger partial charge is 0.481 e. The highest BCUT2D eigenvalue weighted by molar-refractivity contribution is 5.67. The van der Waals surface area contributed by atoms with Crippen LogP contribution in [-0.2, 0) is 9.59 Å². The van der Waals surface area contributed by atoms with Gasteiger partial charge in [0.2, 0.25) is 0 Å². The van der Waals surface area contributed by atoms with E-state index in [0.29, 0.717) is 12.8 Å². The average Bonchev–Trinajstić information content (AvgIpc) is 2.02. The van der Waals surface area contributed by atoms with Crippen LogP contribution in [0.3, 0.4) is 0 Å². The molecule has 1 unspecified atom stereocenters. The van der Waals surface area contributed by atoms with Crippen molar-refractivity contribution in [3.05, 3.63) is 0 Å². The molecule has 0 aromatic heterocycles. The van der Waals surface area contributed by atoms with Crippen LogP contribution >= 0.6 is 0 Å². The molecule has 0 rings (SSSR count). The van der Waals surface area contributed by atoms with Gasteiger partial charge in [-0.25, -0.2) is 0 Å². The van der Waals surface area contributed by atoms with E-state index in [1.54, 1.807) is 6.92 Å². The summed E-state index contributed by atoms with van der Waals surface area (Å²) in [5, 5.41) is 16.9. The molecule has 0 radical (unpaired) electrons. The maximum atomic E-state index is 10.3. The normalized spacial score (nSPS) is 12.8. The third-order valence-corrected chi connectivity index (χ3v) is 2.20. The van der Waals surface area contributed by atoms with Crippen LogP contribution in [0.5, 0.6) is 0 Å². The smallest absolute Gasteiger partial charge is 0.303 e. The Hall–Kier alpha value is -1.10. The van der Waals surface area contributed by atoms with Gasteiger partial charge in [-0.05, 0) is 25.7 Å². The summed E-state index contributed by atoms with van der Waals surface area (Å²) in [6.07, 6.45) is 0.984. The van der Waals surface area contributed by atoms with E-state index in [1.807, 2.05) is 0 Å². The highest BCUT2D eigenvalue weighted by atomic mass is 16.4. The zero-order chi connectivity index (χ0) is 11.1. The lowest BCUT2D eigenvalue weighted by Gasteiger charge is -2.18. The number of carbonyl (C=O) groups is 2. The second-order valence-electron chi connectivity index (χ2n) is 3.48. The van der Waals surface area contributed by atoms with Crippen LogP contribution in [0.15, 0.2) is 0 Å². The van der Waals surface area contributed by atoms with Crippen molar-refractivity contribution in [2.24, 2.45) is 11.7 Å². The lowest BCUT2D eigenvalue weighted by molar-refractivity contribution is -0.137. The van der Waals surface area contributed by atoms with Gasteiger partial charge >= 0.3 is 11.9 Å². The molecule has 0 bridgehead atoms. The molecule has 0 aliphatic carbocycles. The predicted octanol–water partition coefficient (Wildman–Crippen LogP) is 0.679. The summed E-state index contributed by atoms with van der Waals surface area (Å²) in [4.78, 5) is 20.6. The Labute approximate surface area is 82.9 Å². The monoisotopic (exact) mass is 203 g/mol. The van der Waals surface area contributed by atoms with E-state index in [4.69, 9.17) is 15.9 Å².